The number of nitrogens with zero attached hydrogens (tertiary/aromatic N) is 7. The summed E-state index contributed by atoms with van der Waals surface area (Å²) in [6.07, 6.45) is 3.79. The number of hydrogen-bond donors (Lipinski definition) is 0. The van der Waals surface area contributed by atoms with Gasteiger partial charge in [-0.3, -0.25) is 14.0 Å². The van der Waals surface area contributed by atoms with Crippen molar-refractivity contribution < 1.29 is 0 Å². The van der Waals surface area contributed by atoms with Crippen molar-refractivity contribution in [2.24, 2.45) is 7.05 Å². The summed E-state index contributed by atoms with van der Waals surface area (Å²) in [5, 5.41) is 15.9. The average Bonchev–Trinajstić information content (AvgIpc) is 3.24. The number of aryl methyl sites for hydroxylation is 1. The van der Waals surface area contributed by atoms with Crippen molar-refractivity contribution in [3.05, 3.63) is 93.3 Å². The van der Waals surface area contributed by atoms with Crippen LogP contribution >= 0.6 is 11.6 Å². The van der Waals surface area contributed by atoms with Crippen molar-refractivity contribution in [1.29, 1.82) is 5.26 Å². The number of fused-ring (bicyclic) bond motifs is 2. The Labute approximate surface area is 200 Å². The van der Waals surface area contributed by atoms with Crippen LogP contribution in [0.3, 0.4) is 0 Å². The molecule has 2 aromatic carbocycles. The topological polar surface area (TPSA) is 92.6 Å². The monoisotopic (exact) mass is 469 g/mol. The van der Waals surface area contributed by atoms with Crippen molar-refractivity contribution in [2.75, 3.05) is 11.9 Å². The Morgan fingerprint density at radius 2 is 1.97 bits per heavy atom. The molecule has 0 bridgehead atoms. The van der Waals surface area contributed by atoms with Crippen molar-refractivity contribution in [1.82, 2.24) is 24.3 Å². The van der Waals surface area contributed by atoms with E-state index in [4.69, 9.17) is 21.6 Å². The van der Waals surface area contributed by atoms with Gasteiger partial charge in [0.05, 0.1) is 23.8 Å². The second-order valence-corrected chi connectivity index (χ2v) is 8.56. The minimum Gasteiger partial charge on any atom is -0.355 e. The highest BCUT2D eigenvalue weighted by Gasteiger charge is 2.16. The molecule has 0 N–H and O–H groups in total. The zero-order valence-electron chi connectivity index (χ0n) is 18.6. The van der Waals surface area contributed by atoms with Crippen molar-refractivity contribution in [2.45, 2.75) is 13.1 Å². The van der Waals surface area contributed by atoms with Crippen LogP contribution in [-0.4, -0.2) is 31.4 Å². The predicted octanol–water partition coefficient (Wildman–Crippen LogP) is 3.89. The Hall–Kier alpha value is -4.22. The SMILES string of the molecule is CN(Cc1cnn(C)c1)c1nc(Cn2c(=O)c(C#N)cc3cc(Cl)ccc32)nc2ccccc12. The largest absolute Gasteiger partial charge is 0.355 e. The van der Waals surface area contributed by atoms with Crippen LogP contribution in [0.25, 0.3) is 21.8 Å². The first-order valence-corrected chi connectivity index (χ1v) is 11.0. The summed E-state index contributed by atoms with van der Waals surface area (Å²) in [6.45, 7) is 0.727. The smallest absolute Gasteiger partial charge is 0.269 e. The maximum Gasteiger partial charge on any atom is 0.269 e. The number of pyridine rings is 1. The molecule has 8 nitrogen and oxygen atoms in total. The molecule has 3 aromatic heterocycles. The molecule has 0 amide bonds. The number of rotatable bonds is 5. The van der Waals surface area contributed by atoms with Crippen LogP contribution in [0, 0.1) is 11.3 Å². The minimum absolute atomic E-state index is 0.0458. The van der Waals surface area contributed by atoms with E-state index in [2.05, 4.69) is 5.10 Å². The van der Waals surface area contributed by atoms with Gasteiger partial charge < -0.3 is 4.90 Å². The van der Waals surface area contributed by atoms with E-state index < -0.39 is 0 Å². The highest BCUT2D eigenvalue weighted by molar-refractivity contribution is 6.31. The van der Waals surface area contributed by atoms with Crippen LogP contribution in [-0.2, 0) is 20.1 Å². The Balaban J connectivity index is 1.63. The third-order valence-electron chi connectivity index (χ3n) is 5.64. The van der Waals surface area contributed by atoms with Gasteiger partial charge in [-0.05, 0) is 36.4 Å². The highest BCUT2D eigenvalue weighted by Crippen LogP contribution is 2.25. The molecule has 0 aliphatic heterocycles. The Kier molecular flexibility index (Phi) is 5.48. The van der Waals surface area contributed by atoms with Gasteiger partial charge in [-0.15, -0.1) is 0 Å². The lowest BCUT2D eigenvalue weighted by Crippen LogP contribution is -2.25. The van der Waals surface area contributed by atoms with Crippen LogP contribution in [0.1, 0.15) is 17.0 Å². The lowest BCUT2D eigenvalue weighted by Gasteiger charge is -2.20. The Bertz CT molecular complexity index is 1650. The molecule has 0 aliphatic rings. The fourth-order valence-electron chi connectivity index (χ4n) is 4.11. The summed E-state index contributed by atoms with van der Waals surface area (Å²) in [7, 11) is 3.84. The number of benzene rings is 2. The zero-order chi connectivity index (χ0) is 23.8. The number of anilines is 1. The van der Waals surface area contributed by atoms with E-state index in [9.17, 15) is 10.1 Å². The van der Waals surface area contributed by atoms with E-state index in [1.807, 2.05) is 61.7 Å². The first-order valence-electron chi connectivity index (χ1n) is 10.6. The van der Waals surface area contributed by atoms with Crippen LogP contribution in [0.4, 0.5) is 5.82 Å². The first-order chi connectivity index (χ1) is 16.4. The molecule has 0 aliphatic carbocycles. The first kappa shape index (κ1) is 21.6. The number of hydrogen-bond acceptors (Lipinski definition) is 6. The summed E-state index contributed by atoms with van der Waals surface area (Å²) in [6, 6.07) is 16.6. The maximum atomic E-state index is 13.1. The molecule has 0 atom stereocenters. The second kappa shape index (κ2) is 8.61. The second-order valence-electron chi connectivity index (χ2n) is 8.12. The molecule has 168 valence electrons. The van der Waals surface area contributed by atoms with Gasteiger partial charge in [-0.25, -0.2) is 9.97 Å². The summed E-state index contributed by atoms with van der Waals surface area (Å²) in [4.78, 5) is 24.7. The van der Waals surface area contributed by atoms with E-state index in [1.54, 1.807) is 28.9 Å². The summed E-state index contributed by atoms with van der Waals surface area (Å²) >= 11 is 6.15. The fraction of sp³-hybridized carbons (Fsp3) is 0.160. The molecule has 9 heteroatoms. The van der Waals surface area contributed by atoms with E-state index in [0.29, 0.717) is 28.3 Å². The van der Waals surface area contributed by atoms with Gasteiger partial charge >= 0.3 is 0 Å². The van der Waals surface area contributed by atoms with Crippen LogP contribution < -0.4 is 10.5 Å². The minimum atomic E-state index is -0.389. The van der Waals surface area contributed by atoms with Gasteiger partial charge in [0.1, 0.15) is 17.5 Å². The molecule has 0 unspecified atom stereocenters. The van der Waals surface area contributed by atoms with Gasteiger partial charge in [0.15, 0.2) is 5.82 Å². The molecule has 0 saturated carbocycles. The number of halogens is 1. The summed E-state index contributed by atoms with van der Waals surface area (Å²) in [5.41, 5.74) is 2.15. The number of para-hydroxylation sites is 1. The molecule has 0 spiro atoms. The molecular formula is C25H20ClN7O. The molecule has 34 heavy (non-hydrogen) atoms. The van der Waals surface area contributed by atoms with Crippen molar-refractivity contribution >= 4 is 39.2 Å². The zero-order valence-corrected chi connectivity index (χ0v) is 19.4. The van der Waals surface area contributed by atoms with Gasteiger partial charge in [0.25, 0.3) is 5.56 Å². The van der Waals surface area contributed by atoms with E-state index >= 15 is 0 Å². The normalized spacial score (nSPS) is 11.1. The van der Waals surface area contributed by atoms with E-state index in [1.165, 1.54) is 4.57 Å². The van der Waals surface area contributed by atoms with Crippen LogP contribution in [0.2, 0.25) is 5.02 Å². The van der Waals surface area contributed by atoms with E-state index in [-0.39, 0.29) is 17.7 Å². The molecule has 0 fully saturated rings. The maximum absolute atomic E-state index is 13.1. The van der Waals surface area contributed by atoms with Crippen molar-refractivity contribution in [3.8, 4) is 6.07 Å². The van der Waals surface area contributed by atoms with Gasteiger partial charge in [-0.1, -0.05) is 23.7 Å². The van der Waals surface area contributed by atoms with Crippen LogP contribution in [0.5, 0.6) is 0 Å². The summed E-state index contributed by atoms with van der Waals surface area (Å²) in [5.74, 6) is 1.22. The van der Waals surface area contributed by atoms with Crippen LogP contribution in [0.15, 0.2) is 65.7 Å². The Morgan fingerprint density at radius 3 is 2.74 bits per heavy atom. The molecular weight excluding hydrogens is 450 g/mol. The van der Waals surface area contributed by atoms with Gasteiger partial charge in [-0.2, -0.15) is 10.4 Å². The lowest BCUT2D eigenvalue weighted by molar-refractivity contribution is 0.740. The van der Waals surface area contributed by atoms with Gasteiger partial charge in [0, 0.05) is 48.2 Å². The van der Waals surface area contributed by atoms with Crippen molar-refractivity contribution in [3.63, 3.8) is 0 Å². The third-order valence-corrected chi connectivity index (χ3v) is 5.88. The quantitative estimate of drug-likeness (QED) is 0.387. The van der Waals surface area contributed by atoms with E-state index in [0.717, 1.165) is 22.3 Å². The number of nitriles is 1. The highest BCUT2D eigenvalue weighted by atomic mass is 35.5. The lowest BCUT2D eigenvalue weighted by atomic mass is 10.1. The molecule has 3 heterocycles. The molecule has 0 saturated heterocycles. The summed E-state index contributed by atoms with van der Waals surface area (Å²) < 4.78 is 3.29. The molecule has 5 rings (SSSR count). The standard InChI is InChI=1S/C25H20ClN7O/c1-31(13-16-12-28-32(2)14-16)24-20-5-3-4-6-21(20)29-23(30-24)15-33-22-8-7-19(26)10-17(22)9-18(11-27)25(33)34/h3-10,12,14H,13,15H2,1-2H3. The average molecular weight is 470 g/mol. The fourth-order valence-corrected chi connectivity index (χ4v) is 4.29. The molecule has 5 aromatic rings. The third kappa shape index (κ3) is 3.98. The van der Waals surface area contributed by atoms with Gasteiger partial charge in [0.2, 0.25) is 0 Å². The number of aromatic nitrogens is 5. The Morgan fingerprint density at radius 1 is 1.15 bits per heavy atom. The predicted molar refractivity (Wildman–Crippen MR) is 132 cm³/mol. The molecule has 0 radical (unpaired) electrons.